The molecule has 0 heterocycles. The molecule has 21 heavy (non-hydrogen) atoms. The normalized spacial score (nSPS) is 24.0. The lowest BCUT2D eigenvalue weighted by Gasteiger charge is -2.32. The van der Waals surface area contributed by atoms with Gasteiger partial charge in [0.1, 0.15) is 0 Å². The predicted octanol–water partition coefficient (Wildman–Crippen LogP) is 5.23. The highest BCUT2D eigenvalue weighted by atomic mass is 16.3. The fourth-order valence-corrected chi connectivity index (χ4v) is 3.86. The molecule has 0 saturated heterocycles. The van der Waals surface area contributed by atoms with E-state index in [-0.39, 0.29) is 6.10 Å². The van der Waals surface area contributed by atoms with E-state index in [1.807, 2.05) is 0 Å². The van der Waals surface area contributed by atoms with Gasteiger partial charge in [0.25, 0.3) is 0 Å². The molecule has 0 radical (unpaired) electrons. The first-order valence-electron chi connectivity index (χ1n) is 8.93. The van der Waals surface area contributed by atoms with Crippen molar-refractivity contribution in [3.8, 4) is 0 Å². The van der Waals surface area contributed by atoms with Gasteiger partial charge in [-0.1, -0.05) is 52.7 Å². The first kappa shape index (κ1) is 16.5. The maximum absolute atomic E-state index is 11.0. The van der Waals surface area contributed by atoms with E-state index < -0.39 is 0 Å². The van der Waals surface area contributed by atoms with Crippen molar-refractivity contribution in [2.24, 2.45) is 11.8 Å². The molecule has 1 aromatic carbocycles. The third kappa shape index (κ3) is 3.69. The maximum atomic E-state index is 11.0. The molecule has 0 aliphatic heterocycles. The number of aliphatic hydroxyl groups is 1. The topological polar surface area (TPSA) is 20.2 Å². The maximum Gasteiger partial charge on any atom is 0.0823 e. The molecule has 1 aliphatic carbocycles. The van der Waals surface area contributed by atoms with Crippen LogP contribution >= 0.6 is 0 Å². The Morgan fingerprint density at radius 2 is 1.48 bits per heavy atom. The fraction of sp³-hybridized carbons (Fsp3) is 0.700. The molecule has 1 atom stereocenters. The third-order valence-electron chi connectivity index (χ3n) is 5.38. The van der Waals surface area contributed by atoms with Gasteiger partial charge in [-0.3, -0.25) is 0 Å². The van der Waals surface area contributed by atoms with Crippen LogP contribution in [-0.4, -0.2) is 5.11 Å². The number of benzene rings is 1. The van der Waals surface area contributed by atoms with E-state index in [1.165, 1.54) is 47.9 Å². The van der Waals surface area contributed by atoms with Crippen molar-refractivity contribution in [1.29, 1.82) is 0 Å². The molecular formula is C20H32O. The average molecular weight is 288 g/mol. The molecule has 1 nitrogen and oxygen atoms in total. The number of rotatable bonds is 5. The Balaban J connectivity index is 2.32. The highest BCUT2D eigenvalue weighted by molar-refractivity contribution is 5.41. The van der Waals surface area contributed by atoms with Crippen LogP contribution in [0.3, 0.4) is 0 Å². The van der Waals surface area contributed by atoms with Gasteiger partial charge in [-0.25, -0.2) is 0 Å². The van der Waals surface area contributed by atoms with Crippen molar-refractivity contribution in [3.05, 3.63) is 34.4 Å². The second-order valence-electron chi connectivity index (χ2n) is 6.85. The summed E-state index contributed by atoms with van der Waals surface area (Å²) in [5.74, 6) is 1.30. The highest BCUT2D eigenvalue weighted by Crippen LogP contribution is 2.39. The number of hydrogen-bond acceptors (Lipinski definition) is 1. The summed E-state index contributed by atoms with van der Waals surface area (Å²) in [5, 5.41) is 11.0. The predicted molar refractivity (Wildman–Crippen MR) is 90.7 cm³/mol. The van der Waals surface area contributed by atoms with Crippen molar-refractivity contribution >= 4 is 0 Å². The van der Waals surface area contributed by atoms with Crippen molar-refractivity contribution in [2.75, 3.05) is 0 Å². The summed E-state index contributed by atoms with van der Waals surface area (Å²) in [6.07, 6.45) is 7.79. The molecule has 1 aromatic rings. The molecule has 0 bridgehead atoms. The minimum absolute atomic E-state index is 0.256. The van der Waals surface area contributed by atoms with E-state index in [2.05, 4.69) is 39.8 Å². The van der Waals surface area contributed by atoms with E-state index in [0.717, 1.165) is 25.2 Å². The molecule has 0 amide bonds. The van der Waals surface area contributed by atoms with Crippen LogP contribution in [0.5, 0.6) is 0 Å². The molecule has 1 heteroatoms. The molecule has 0 aromatic heterocycles. The van der Waals surface area contributed by atoms with Gasteiger partial charge in [0.15, 0.2) is 0 Å². The van der Waals surface area contributed by atoms with Gasteiger partial charge in [-0.15, -0.1) is 0 Å². The van der Waals surface area contributed by atoms with Crippen LogP contribution in [0.4, 0.5) is 0 Å². The first-order chi connectivity index (χ1) is 10.1. The Labute approximate surface area is 130 Å². The number of aliphatic hydroxyl groups excluding tert-OH is 1. The summed E-state index contributed by atoms with van der Waals surface area (Å²) < 4.78 is 0. The molecule has 1 N–H and O–H groups in total. The van der Waals surface area contributed by atoms with Gasteiger partial charge in [0, 0.05) is 0 Å². The lowest BCUT2D eigenvalue weighted by Crippen LogP contribution is -2.21. The zero-order chi connectivity index (χ0) is 15.4. The second-order valence-corrected chi connectivity index (χ2v) is 6.85. The lowest BCUT2D eigenvalue weighted by atomic mass is 9.76. The summed E-state index contributed by atoms with van der Waals surface area (Å²) in [6, 6.07) is 4.65. The minimum atomic E-state index is -0.256. The van der Waals surface area contributed by atoms with Gasteiger partial charge in [-0.05, 0) is 66.2 Å². The van der Waals surface area contributed by atoms with Crippen LogP contribution < -0.4 is 0 Å². The SMILES string of the molecule is CCc1cc(CC)c(C(O)C2CCC(C)CC2)c(CC)c1. The Morgan fingerprint density at radius 3 is 1.90 bits per heavy atom. The summed E-state index contributed by atoms with van der Waals surface area (Å²) in [4.78, 5) is 0. The summed E-state index contributed by atoms with van der Waals surface area (Å²) in [5.41, 5.74) is 5.42. The minimum Gasteiger partial charge on any atom is -0.388 e. The van der Waals surface area contributed by atoms with Crippen LogP contribution in [0.1, 0.15) is 81.7 Å². The quantitative estimate of drug-likeness (QED) is 0.786. The number of hydrogen-bond donors (Lipinski definition) is 1. The van der Waals surface area contributed by atoms with Crippen molar-refractivity contribution < 1.29 is 5.11 Å². The first-order valence-corrected chi connectivity index (χ1v) is 8.93. The molecule has 1 fully saturated rings. The van der Waals surface area contributed by atoms with Gasteiger partial charge in [0.05, 0.1) is 6.10 Å². The van der Waals surface area contributed by atoms with Crippen LogP contribution in [0.2, 0.25) is 0 Å². The fourth-order valence-electron chi connectivity index (χ4n) is 3.86. The largest absolute Gasteiger partial charge is 0.388 e. The Bertz CT molecular complexity index is 430. The summed E-state index contributed by atoms with van der Waals surface area (Å²) in [6.45, 7) is 8.99. The van der Waals surface area contributed by atoms with Gasteiger partial charge >= 0.3 is 0 Å². The summed E-state index contributed by atoms with van der Waals surface area (Å²) >= 11 is 0. The molecule has 2 rings (SSSR count). The van der Waals surface area contributed by atoms with Crippen LogP contribution in [0.25, 0.3) is 0 Å². The zero-order valence-corrected chi connectivity index (χ0v) is 14.3. The van der Waals surface area contributed by atoms with Crippen molar-refractivity contribution in [2.45, 2.75) is 78.7 Å². The second kappa shape index (κ2) is 7.45. The Kier molecular flexibility index (Phi) is 5.87. The molecule has 1 aliphatic rings. The zero-order valence-electron chi connectivity index (χ0n) is 14.3. The van der Waals surface area contributed by atoms with Crippen LogP contribution in [0.15, 0.2) is 12.1 Å². The monoisotopic (exact) mass is 288 g/mol. The van der Waals surface area contributed by atoms with E-state index in [0.29, 0.717) is 5.92 Å². The van der Waals surface area contributed by atoms with Gasteiger partial charge in [0.2, 0.25) is 0 Å². The molecule has 1 saturated carbocycles. The third-order valence-corrected chi connectivity index (χ3v) is 5.38. The molecule has 0 spiro atoms. The molecular weight excluding hydrogens is 256 g/mol. The average Bonchev–Trinajstić information content (AvgIpc) is 2.53. The van der Waals surface area contributed by atoms with Gasteiger partial charge < -0.3 is 5.11 Å². The standard InChI is InChI=1S/C20H32O/c1-5-15-12-16(6-2)19(17(7-3)13-15)20(21)18-10-8-14(4)9-11-18/h12-14,18,20-21H,5-11H2,1-4H3. The highest BCUT2D eigenvalue weighted by Gasteiger charge is 2.28. The number of aryl methyl sites for hydroxylation is 3. The molecule has 118 valence electrons. The van der Waals surface area contributed by atoms with E-state index >= 15 is 0 Å². The van der Waals surface area contributed by atoms with Gasteiger partial charge in [-0.2, -0.15) is 0 Å². The Morgan fingerprint density at radius 1 is 0.952 bits per heavy atom. The van der Waals surface area contributed by atoms with Crippen LogP contribution in [0, 0.1) is 11.8 Å². The van der Waals surface area contributed by atoms with E-state index in [9.17, 15) is 5.11 Å². The smallest absolute Gasteiger partial charge is 0.0823 e. The van der Waals surface area contributed by atoms with Crippen LogP contribution in [-0.2, 0) is 19.3 Å². The van der Waals surface area contributed by atoms with E-state index in [4.69, 9.17) is 0 Å². The van der Waals surface area contributed by atoms with E-state index in [1.54, 1.807) is 0 Å². The molecule has 1 unspecified atom stereocenters. The Hall–Kier alpha value is -0.820. The van der Waals surface area contributed by atoms with Crippen molar-refractivity contribution in [3.63, 3.8) is 0 Å². The lowest BCUT2D eigenvalue weighted by molar-refractivity contribution is 0.0742. The summed E-state index contributed by atoms with van der Waals surface area (Å²) in [7, 11) is 0. The van der Waals surface area contributed by atoms with Crippen molar-refractivity contribution in [1.82, 2.24) is 0 Å².